The highest BCUT2D eigenvalue weighted by Crippen LogP contribution is 2.60. The first kappa shape index (κ1) is 24.0. The summed E-state index contributed by atoms with van der Waals surface area (Å²) < 4.78 is 5.86. The predicted molar refractivity (Wildman–Crippen MR) is 139 cm³/mol. The number of rotatable bonds is 5. The zero-order valence-corrected chi connectivity index (χ0v) is 21.3. The van der Waals surface area contributed by atoms with Gasteiger partial charge in [-0.1, -0.05) is 38.1 Å². The largest absolute Gasteiger partial charge is 0.493 e. The van der Waals surface area contributed by atoms with Crippen LogP contribution in [0.2, 0.25) is 0 Å². The van der Waals surface area contributed by atoms with E-state index in [4.69, 9.17) is 10.1 Å². The number of ether oxygens (including phenoxy) is 1. The van der Waals surface area contributed by atoms with Gasteiger partial charge in [-0.25, -0.2) is 0 Å². The average Bonchev–Trinajstić information content (AvgIpc) is 3.69. The fourth-order valence-corrected chi connectivity index (χ4v) is 6.60. The van der Waals surface area contributed by atoms with Crippen molar-refractivity contribution in [2.45, 2.75) is 81.5 Å². The fraction of sp³-hybridized carbons (Fsp3) is 0.483. The van der Waals surface area contributed by atoms with Crippen LogP contribution in [-0.2, 0) is 10.2 Å². The Balaban J connectivity index is 1.27. The first-order valence-electron chi connectivity index (χ1n) is 13.4. The summed E-state index contributed by atoms with van der Waals surface area (Å²) in [5.41, 5.74) is 2.65. The molecule has 8 nitrogen and oxygen atoms in total. The lowest BCUT2D eigenvalue weighted by molar-refractivity contribution is -0.133. The Bertz CT molecular complexity index is 1260. The molecule has 1 saturated carbocycles. The molecule has 0 aromatic heterocycles. The first-order chi connectivity index (χ1) is 17.8. The lowest BCUT2D eigenvalue weighted by Crippen LogP contribution is -2.62. The van der Waals surface area contributed by atoms with E-state index >= 15 is 0 Å². The Kier molecular flexibility index (Phi) is 5.56. The number of carbonyl (C=O) groups excluding carboxylic acids is 2. The van der Waals surface area contributed by atoms with E-state index in [1.165, 1.54) is 4.90 Å². The molecule has 4 aliphatic rings. The molecule has 0 radical (unpaired) electrons. The minimum absolute atomic E-state index is 0.0828. The van der Waals surface area contributed by atoms with Gasteiger partial charge in [0.25, 0.3) is 5.91 Å². The number of hydrogen-bond acceptors (Lipinski definition) is 5. The van der Waals surface area contributed by atoms with Crippen LogP contribution >= 0.6 is 0 Å². The van der Waals surface area contributed by atoms with Gasteiger partial charge < -0.3 is 20.5 Å². The van der Waals surface area contributed by atoms with Crippen LogP contribution in [-0.4, -0.2) is 46.0 Å². The Morgan fingerprint density at radius 2 is 1.95 bits per heavy atom. The molecule has 0 bridgehead atoms. The monoisotopic (exact) mass is 502 g/mol. The summed E-state index contributed by atoms with van der Waals surface area (Å²) in [7, 11) is 0. The van der Waals surface area contributed by atoms with E-state index in [0.717, 1.165) is 42.4 Å². The quantitative estimate of drug-likeness (QED) is 0.498. The predicted octanol–water partition coefficient (Wildman–Crippen LogP) is 3.70. The molecule has 194 valence electrons. The van der Waals surface area contributed by atoms with Gasteiger partial charge in [-0.15, -0.1) is 0 Å². The summed E-state index contributed by atoms with van der Waals surface area (Å²) in [5.74, 6) is 0.367. The van der Waals surface area contributed by atoms with E-state index in [2.05, 4.69) is 16.7 Å². The van der Waals surface area contributed by atoms with Crippen LogP contribution in [0.15, 0.2) is 42.5 Å². The van der Waals surface area contributed by atoms with Gasteiger partial charge in [0.05, 0.1) is 31.2 Å². The number of nitrogens with one attached hydrogen (secondary N) is 3. The van der Waals surface area contributed by atoms with Crippen molar-refractivity contribution in [2.75, 3.05) is 6.61 Å². The van der Waals surface area contributed by atoms with Crippen LogP contribution in [0.3, 0.4) is 0 Å². The SMILES string of the molecule is CCC1(CC)CC(=O)N([C@@H]2CCOc3ccc(C(=O)N[C@H]4c5ccccc5C5(CC5)[C@@H]4O)cc32)C(=N)N1. The third kappa shape index (κ3) is 3.64. The Labute approximate surface area is 216 Å². The van der Waals surface area contributed by atoms with Crippen molar-refractivity contribution in [2.24, 2.45) is 0 Å². The van der Waals surface area contributed by atoms with Crippen molar-refractivity contribution < 1.29 is 19.4 Å². The number of amides is 2. The van der Waals surface area contributed by atoms with E-state index in [1.54, 1.807) is 18.2 Å². The average molecular weight is 503 g/mol. The highest BCUT2D eigenvalue weighted by molar-refractivity contribution is 6.00. The molecule has 0 unspecified atom stereocenters. The van der Waals surface area contributed by atoms with Gasteiger partial charge in [-0.05, 0) is 55.0 Å². The van der Waals surface area contributed by atoms with Crippen LogP contribution in [0.25, 0.3) is 0 Å². The second kappa shape index (κ2) is 8.58. The molecule has 1 spiro atoms. The Morgan fingerprint density at radius 1 is 1.19 bits per heavy atom. The summed E-state index contributed by atoms with van der Waals surface area (Å²) in [5, 5.41) is 26.2. The van der Waals surface area contributed by atoms with Crippen LogP contribution in [0, 0.1) is 5.41 Å². The third-order valence-corrected chi connectivity index (χ3v) is 9.12. The maximum Gasteiger partial charge on any atom is 0.251 e. The summed E-state index contributed by atoms with van der Waals surface area (Å²) in [6, 6.07) is 12.4. The van der Waals surface area contributed by atoms with Gasteiger partial charge in [-0.3, -0.25) is 19.9 Å². The third-order valence-electron chi connectivity index (χ3n) is 9.12. The molecule has 2 heterocycles. The molecule has 37 heavy (non-hydrogen) atoms. The number of aliphatic hydroxyl groups excluding tert-OH is 1. The number of carbonyl (C=O) groups is 2. The lowest BCUT2D eigenvalue weighted by Gasteiger charge is -2.45. The van der Waals surface area contributed by atoms with Gasteiger partial charge in [0.2, 0.25) is 5.91 Å². The van der Waals surface area contributed by atoms with Crippen LogP contribution in [0.1, 0.15) is 91.5 Å². The second-order valence-electron chi connectivity index (χ2n) is 10.9. The van der Waals surface area contributed by atoms with Gasteiger partial charge in [0, 0.05) is 28.5 Å². The molecule has 2 aromatic rings. The van der Waals surface area contributed by atoms with Gasteiger partial charge >= 0.3 is 0 Å². The summed E-state index contributed by atoms with van der Waals surface area (Å²) in [6.45, 7) is 4.50. The molecule has 8 heteroatoms. The van der Waals surface area contributed by atoms with E-state index in [1.807, 2.05) is 32.0 Å². The van der Waals surface area contributed by atoms with Gasteiger partial charge in [-0.2, -0.15) is 0 Å². The van der Waals surface area contributed by atoms with Crippen molar-refractivity contribution in [3.05, 3.63) is 64.7 Å². The number of fused-ring (bicyclic) bond motifs is 3. The number of nitrogens with zero attached hydrogens (tertiary/aromatic N) is 1. The molecule has 2 aromatic carbocycles. The number of aliphatic hydroxyl groups is 1. The van der Waals surface area contributed by atoms with Crippen molar-refractivity contribution in [3.63, 3.8) is 0 Å². The second-order valence-corrected chi connectivity index (χ2v) is 10.9. The normalized spacial score (nSPS) is 26.7. The minimum Gasteiger partial charge on any atom is -0.493 e. The minimum atomic E-state index is -0.655. The molecule has 6 rings (SSSR count). The molecule has 3 atom stereocenters. The zero-order valence-electron chi connectivity index (χ0n) is 21.3. The molecule has 2 amide bonds. The van der Waals surface area contributed by atoms with E-state index < -0.39 is 17.7 Å². The highest BCUT2D eigenvalue weighted by atomic mass is 16.5. The first-order valence-corrected chi connectivity index (χ1v) is 13.4. The molecule has 2 aliphatic carbocycles. The van der Waals surface area contributed by atoms with Crippen LogP contribution < -0.4 is 15.4 Å². The maximum atomic E-state index is 13.4. The van der Waals surface area contributed by atoms with Crippen molar-refractivity contribution in [1.29, 1.82) is 5.41 Å². The maximum absolute atomic E-state index is 13.4. The molecule has 1 saturated heterocycles. The van der Waals surface area contributed by atoms with Crippen LogP contribution in [0.5, 0.6) is 5.75 Å². The Morgan fingerprint density at radius 3 is 2.65 bits per heavy atom. The number of hydrogen-bond donors (Lipinski definition) is 4. The standard InChI is InChI=1S/C29H34N4O4/c1-3-28(4-2)16-23(34)33(27(30)32-28)21-11-14-37-22-10-9-17(15-19(21)22)26(36)31-24-18-7-5-6-8-20(18)29(12-13-29)25(24)35/h5-10,15,21,24-25,35H,3-4,11-14,16H2,1-2H3,(H2,30,32)(H,31,36)/t21-,24+,25-/m1/s1. The number of benzene rings is 2. The highest BCUT2D eigenvalue weighted by Gasteiger charge is 2.59. The van der Waals surface area contributed by atoms with E-state index in [-0.39, 0.29) is 29.2 Å². The van der Waals surface area contributed by atoms with Crippen molar-refractivity contribution in [3.8, 4) is 5.75 Å². The summed E-state index contributed by atoms with van der Waals surface area (Å²) >= 11 is 0. The topological polar surface area (TPSA) is 115 Å². The summed E-state index contributed by atoms with van der Waals surface area (Å²) in [4.78, 5) is 28.3. The van der Waals surface area contributed by atoms with Crippen molar-refractivity contribution in [1.82, 2.24) is 15.5 Å². The van der Waals surface area contributed by atoms with Gasteiger partial charge in [0.15, 0.2) is 5.96 Å². The van der Waals surface area contributed by atoms with Crippen molar-refractivity contribution >= 4 is 17.8 Å². The molecule has 4 N–H and O–H groups in total. The van der Waals surface area contributed by atoms with E-state index in [0.29, 0.717) is 30.8 Å². The van der Waals surface area contributed by atoms with Crippen LogP contribution in [0.4, 0.5) is 0 Å². The fourth-order valence-electron chi connectivity index (χ4n) is 6.60. The number of guanidine groups is 1. The molecular formula is C29H34N4O4. The molecule has 2 fully saturated rings. The summed E-state index contributed by atoms with van der Waals surface area (Å²) in [6.07, 6.45) is 3.59. The molecule has 2 aliphatic heterocycles. The van der Waals surface area contributed by atoms with E-state index in [9.17, 15) is 14.7 Å². The zero-order chi connectivity index (χ0) is 25.9. The lowest BCUT2D eigenvalue weighted by atomic mass is 9.85. The molecular weight excluding hydrogens is 468 g/mol. The van der Waals surface area contributed by atoms with Gasteiger partial charge in [0.1, 0.15) is 5.75 Å². The Hall–Kier alpha value is -3.39. The smallest absolute Gasteiger partial charge is 0.251 e.